The van der Waals surface area contributed by atoms with Crippen LogP contribution in [0.3, 0.4) is 0 Å². The highest BCUT2D eigenvalue weighted by Gasteiger charge is 2.17. The van der Waals surface area contributed by atoms with E-state index in [1.807, 2.05) is 0 Å². The summed E-state index contributed by atoms with van der Waals surface area (Å²) in [7, 11) is -3.64. The number of para-hydroxylation sites is 1. The number of benzene rings is 2. The van der Waals surface area contributed by atoms with E-state index in [1.165, 1.54) is 0 Å². The Bertz CT molecular complexity index is 681. The molecular formula is C14H15NO3S. The smallest absolute Gasteiger partial charge is 0.262 e. The van der Waals surface area contributed by atoms with Gasteiger partial charge in [-0.05, 0) is 24.6 Å². The summed E-state index contributed by atoms with van der Waals surface area (Å²) in [4.78, 5) is 0.239. The zero-order valence-electron chi connectivity index (χ0n) is 10.5. The number of hydrogen-bond donors (Lipinski definition) is 2. The van der Waals surface area contributed by atoms with Crippen LogP contribution >= 0.6 is 0 Å². The van der Waals surface area contributed by atoms with E-state index in [4.69, 9.17) is 0 Å². The maximum Gasteiger partial charge on any atom is 0.262 e. The van der Waals surface area contributed by atoms with Crippen LogP contribution in [-0.2, 0) is 16.6 Å². The standard InChI is InChI=1S/C14H15NO3S/c1-11-6-2-5-9-14(11)19(17,18)15-13-8-4-3-7-12(13)10-16/h2-9,15-16H,10H2,1H3. The van der Waals surface area contributed by atoms with Crippen LogP contribution in [0.5, 0.6) is 0 Å². The minimum Gasteiger partial charge on any atom is -0.392 e. The second-order valence-electron chi connectivity index (χ2n) is 4.19. The second-order valence-corrected chi connectivity index (χ2v) is 5.84. The summed E-state index contributed by atoms with van der Waals surface area (Å²) in [6.45, 7) is 1.53. The van der Waals surface area contributed by atoms with Crippen molar-refractivity contribution in [1.82, 2.24) is 0 Å². The van der Waals surface area contributed by atoms with E-state index in [-0.39, 0.29) is 11.5 Å². The molecule has 0 saturated heterocycles. The largest absolute Gasteiger partial charge is 0.392 e. The van der Waals surface area contributed by atoms with Crippen molar-refractivity contribution in [2.45, 2.75) is 18.4 Å². The molecule has 0 bridgehead atoms. The van der Waals surface area contributed by atoms with Gasteiger partial charge in [-0.1, -0.05) is 36.4 Å². The summed E-state index contributed by atoms with van der Waals surface area (Å²) in [6, 6.07) is 13.5. The fraction of sp³-hybridized carbons (Fsp3) is 0.143. The summed E-state index contributed by atoms with van der Waals surface area (Å²) in [5.41, 5.74) is 1.62. The van der Waals surface area contributed by atoms with Gasteiger partial charge in [0.15, 0.2) is 0 Å². The van der Waals surface area contributed by atoms with Crippen molar-refractivity contribution in [3.05, 3.63) is 59.7 Å². The lowest BCUT2D eigenvalue weighted by Crippen LogP contribution is -2.15. The molecular weight excluding hydrogens is 262 g/mol. The molecule has 0 aliphatic heterocycles. The number of sulfonamides is 1. The minimum atomic E-state index is -3.64. The Balaban J connectivity index is 2.40. The van der Waals surface area contributed by atoms with Gasteiger partial charge < -0.3 is 5.11 Å². The van der Waals surface area contributed by atoms with Gasteiger partial charge in [-0.25, -0.2) is 8.42 Å². The molecule has 0 fully saturated rings. The van der Waals surface area contributed by atoms with Gasteiger partial charge in [0, 0.05) is 5.56 Å². The average molecular weight is 277 g/mol. The summed E-state index contributed by atoms with van der Waals surface area (Å²) < 4.78 is 27.1. The van der Waals surface area contributed by atoms with E-state index in [2.05, 4.69) is 4.72 Å². The van der Waals surface area contributed by atoms with Gasteiger partial charge in [-0.15, -0.1) is 0 Å². The van der Waals surface area contributed by atoms with Crippen LogP contribution in [0.1, 0.15) is 11.1 Å². The number of rotatable bonds is 4. The Labute approximate surface area is 112 Å². The van der Waals surface area contributed by atoms with Gasteiger partial charge in [0.2, 0.25) is 0 Å². The van der Waals surface area contributed by atoms with Crippen molar-refractivity contribution in [2.24, 2.45) is 0 Å². The fourth-order valence-electron chi connectivity index (χ4n) is 1.82. The van der Waals surface area contributed by atoms with Crippen molar-refractivity contribution >= 4 is 15.7 Å². The molecule has 2 aromatic rings. The molecule has 4 nitrogen and oxygen atoms in total. The number of aliphatic hydroxyl groups is 1. The molecule has 0 aromatic heterocycles. The maximum atomic E-state index is 12.3. The fourth-order valence-corrected chi connectivity index (χ4v) is 3.16. The zero-order chi connectivity index (χ0) is 13.9. The Morgan fingerprint density at radius 3 is 2.37 bits per heavy atom. The van der Waals surface area contributed by atoms with Crippen LogP contribution in [0.15, 0.2) is 53.4 Å². The van der Waals surface area contributed by atoms with E-state index < -0.39 is 10.0 Å². The van der Waals surface area contributed by atoms with E-state index in [0.717, 1.165) is 0 Å². The van der Waals surface area contributed by atoms with Crippen LogP contribution in [0.4, 0.5) is 5.69 Å². The lowest BCUT2D eigenvalue weighted by atomic mass is 10.2. The van der Waals surface area contributed by atoms with E-state index in [9.17, 15) is 13.5 Å². The lowest BCUT2D eigenvalue weighted by Gasteiger charge is -2.12. The van der Waals surface area contributed by atoms with Gasteiger partial charge in [-0.3, -0.25) is 4.72 Å². The molecule has 19 heavy (non-hydrogen) atoms. The number of aryl methyl sites for hydroxylation is 1. The first-order chi connectivity index (χ1) is 9.04. The normalized spacial score (nSPS) is 11.3. The zero-order valence-corrected chi connectivity index (χ0v) is 11.3. The molecule has 0 heterocycles. The number of hydrogen-bond acceptors (Lipinski definition) is 3. The molecule has 5 heteroatoms. The van der Waals surface area contributed by atoms with Gasteiger partial charge in [-0.2, -0.15) is 0 Å². The molecule has 2 N–H and O–H groups in total. The van der Waals surface area contributed by atoms with Gasteiger partial charge in [0.1, 0.15) is 0 Å². The third kappa shape index (κ3) is 2.94. The predicted octanol–water partition coefficient (Wildman–Crippen LogP) is 2.29. The SMILES string of the molecule is Cc1ccccc1S(=O)(=O)Nc1ccccc1CO. The number of anilines is 1. The van der Waals surface area contributed by atoms with Gasteiger partial charge in [0.05, 0.1) is 17.2 Å². The predicted molar refractivity (Wildman–Crippen MR) is 74.4 cm³/mol. The first-order valence-corrected chi connectivity index (χ1v) is 7.30. The van der Waals surface area contributed by atoms with Crippen molar-refractivity contribution in [3.8, 4) is 0 Å². The first kappa shape index (κ1) is 13.6. The Morgan fingerprint density at radius 2 is 1.68 bits per heavy atom. The molecule has 0 unspecified atom stereocenters. The van der Waals surface area contributed by atoms with Crippen molar-refractivity contribution in [3.63, 3.8) is 0 Å². The Hall–Kier alpha value is -1.85. The van der Waals surface area contributed by atoms with Crippen molar-refractivity contribution in [1.29, 1.82) is 0 Å². The Kier molecular flexibility index (Phi) is 3.87. The lowest BCUT2D eigenvalue weighted by molar-refractivity contribution is 0.282. The molecule has 0 amide bonds. The van der Waals surface area contributed by atoms with Gasteiger partial charge >= 0.3 is 0 Å². The number of aliphatic hydroxyl groups excluding tert-OH is 1. The highest BCUT2D eigenvalue weighted by Crippen LogP contribution is 2.21. The third-order valence-electron chi connectivity index (χ3n) is 2.82. The van der Waals surface area contributed by atoms with Crippen LogP contribution in [0, 0.1) is 6.92 Å². The van der Waals surface area contributed by atoms with Crippen LogP contribution in [0.2, 0.25) is 0 Å². The topological polar surface area (TPSA) is 66.4 Å². The molecule has 2 aromatic carbocycles. The van der Waals surface area contributed by atoms with Crippen LogP contribution < -0.4 is 4.72 Å². The third-order valence-corrected chi connectivity index (χ3v) is 4.34. The summed E-state index contributed by atoms with van der Waals surface area (Å²) in [5.74, 6) is 0. The van der Waals surface area contributed by atoms with Gasteiger partial charge in [0.25, 0.3) is 10.0 Å². The molecule has 0 saturated carbocycles. The van der Waals surface area contributed by atoms with E-state index >= 15 is 0 Å². The summed E-state index contributed by atoms with van der Waals surface area (Å²) >= 11 is 0. The molecule has 0 radical (unpaired) electrons. The molecule has 0 aliphatic carbocycles. The maximum absolute atomic E-state index is 12.3. The summed E-state index contributed by atoms with van der Waals surface area (Å²) in [6.07, 6.45) is 0. The van der Waals surface area contributed by atoms with E-state index in [0.29, 0.717) is 16.8 Å². The highest BCUT2D eigenvalue weighted by atomic mass is 32.2. The number of nitrogens with one attached hydrogen (secondary N) is 1. The second kappa shape index (κ2) is 5.42. The highest BCUT2D eigenvalue weighted by molar-refractivity contribution is 7.92. The molecule has 100 valence electrons. The molecule has 0 spiro atoms. The average Bonchev–Trinajstić information content (AvgIpc) is 2.39. The minimum absolute atomic E-state index is 0.216. The van der Waals surface area contributed by atoms with Crippen molar-refractivity contribution < 1.29 is 13.5 Å². The quantitative estimate of drug-likeness (QED) is 0.901. The monoisotopic (exact) mass is 277 g/mol. The van der Waals surface area contributed by atoms with Crippen LogP contribution in [-0.4, -0.2) is 13.5 Å². The molecule has 2 rings (SSSR count). The van der Waals surface area contributed by atoms with E-state index in [1.54, 1.807) is 55.5 Å². The van der Waals surface area contributed by atoms with Crippen LogP contribution in [0.25, 0.3) is 0 Å². The summed E-state index contributed by atoms with van der Waals surface area (Å²) in [5, 5.41) is 9.21. The Morgan fingerprint density at radius 1 is 1.05 bits per heavy atom. The molecule has 0 aliphatic rings. The molecule has 0 atom stereocenters. The van der Waals surface area contributed by atoms with Crippen molar-refractivity contribution in [2.75, 3.05) is 4.72 Å². The first-order valence-electron chi connectivity index (χ1n) is 5.82.